The van der Waals surface area contributed by atoms with Gasteiger partial charge in [-0.25, -0.2) is 4.98 Å². The van der Waals surface area contributed by atoms with Gasteiger partial charge in [-0.1, -0.05) is 48.5 Å². The number of aromatic nitrogens is 2. The minimum atomic E-state index is -0.294. The quantitative estimate of drug-likeness (QED) is 0.692. The first-order chi connectivity index (χ1) is 10.8. The highest BCUT2D eigenvalue weighted by molar-refractivity contribution is 5.82. The van der Waals surface area contributed by atoms with Gasteiger partial charge in [0, 0.05) is 0 Å². The van der Waals surface area contributed by atoms with Crippen molar-refractivity contribution in [3.05, 3.63) is 66.0 Å². The second-order valence-corrected chi connectivity index (χ2v) is 4.87. The monoisotopic (exact) mass is 292 g/mol. The molecule has 0 saturated heterocycles. The number of carbonyl (C=O) groups excluding carboxylic acids is 1. The van der Waals surface area contributed by atoms with Crippen LogP contribution in [0.1, 0.15) is 11.4 Å². The average molecular weight is 292 g/mol. The molecule has 0 saturated carbocycles. The maximum absolute atomic E-state index is 11.7. The summed E-state index contributed by atoms with van der Waals surface area (Å²) in [5, 5.41) is 0. The lowest BCUT2D eigenvalue weighted by Crippen LogP contribution is -2.12. The van der Waals surface area contributed by atoms with Crippen molar-refractivity contribution in [3.8, 4) is 0 Å². The Morgan fingerprint density at radius 1 is 1.09 bits per heavy atom. The number of imidazole rings is 1. The van der Waals surface area contributed by atoms with Gasteiger partial charge in [-0.15, -0.1) is 0 Å². The lowest BCUT2D eigenvalue weighted by molar-refractivity contribution is -0.141. The molecule has 2 aromatic carbocycles. The van der Waals surface area contributed by atoms with Crippen LogP contribution in [0.15, 0.2) is 54.6 Å². The van der Waals surface area contributed by atoms with Crippen molar-refractivity contribution >= 4 is 29.2 Å². The number of para-hydroxylation sites is 2. The number of esters is 1. The number of benzene rings is 2. The zero-order valence-corrected chi connectivity index (χ0v) is 12.3. The van der Waals surface area contributed by atoms with E-state index in [-0.39, 0.29) is 12.5 Å². The molecule has 1 heterocycles. The van der Waals surface area contributed by atoms with Crippen LogP contribution in [0.25, 0.3) is 23.2 Å². The number of ether oxygens (including phenoxy) is 1. The van der Waals surface area contributed by atoms with Crippen LogP contribution in [0.5, 0.6) is 0 Å². The van der Waals surface area contributed by atoms with Crippen LogP contribution in [0, 0.1) is 0 Å². The average Bonchev–Trinajstić information content (AvgIpc) is 2.91. The molecule has 0 aliphatic heterocycles. The highest BCUT2D eigenvalue weighted by Crippen LogP contribution is 2.18. The molecular weight excluding hydrogens is 276 g/mol. The van der Waals surface area contributed by atoms with E-state index in [2.05, 4.69) is 4.98 Å². The molecule has 22 heavy (non-hydrogen) atoms. The summed E-state index contributed by atoms with van der Waals surface area (Å²) in [7, 11) is 1.39. The van der Waals surface area contributed by atoms with E-state index in [1.807, 2.05) is 71.3 Å². The summed E-state index contributed by atoms with van der Waals surface area (Å²) in [6.07, 6.45) is 3.90. The first kappa shape index (κ1) is 14.1. The van der Waals surface area contributed by atoms with E-state index in [0.717, 1.165) is 22.4 Å². The molecule has 3 aromatic rings. The van der Waals surface area contributed by atoms with Crippen molar-refractivity contribution in [1.82, 2.24) is 9.55 Å². The molecule has 0 radical (unpaired) electrons. The summed E-state index contributed by atoms with van der Waals surface area (Å²) in [6, 6.07) is 17.7. The third-order valence-corrected chi connectivity index (χ3v) is 3.42. The number of rotatable bonds is 4. The lowest BCUT2D eigenvalue weighted by atomic mass is 10.2. The summed E-state index contributed by atoms with van der Waals surface area (Å²) in [6.45, 7) is 0.144. The Bertz CT molecular complexity index is 819. The van der Waals surface area contributed by atoms with Gasteiger partial charge in [0.15, 0.2) is 0 Å². The van der Waals surface area contributed by atoms with Crippen molar-refractivity contribution in [2.45, 2.75) is 6.54 Å². The van der Waals surface area contributed by atoms with E-state index < -0.39 is 0 Å². The highest BCUT2D eigenvalue weighted by Gasteiger charge is 2.11. The molecule has 0 atom stereocenters. The Morgan fingerprint density at radius 2 is 1.82 bits per heavy atom. The lowest BCUT2D eigenvalue weighted by Gasteiger charge is -2.05. The molecule has 0 unspecified atom stereocenters. The summed E-state index contributed by atoms with van der Waals surface area (Å²) < 4.78 is 6.64. The molecule has 0 spiro atoms. The zero-order valence-electron chi connectivity index (χ0n) is 12.3. The van der Waals surface area contributed by atoms with Gasteiger partial charge in [0.25, 0.3) is 0 Å². The van der Waals surface area contributed by atoms with E-state index in [1.54, 1.807) is 0 Å². The molecular formula is C18H16N2O2. The predicted octanol–water partition coefficient (Wildman–Crippen LogP) is 3.38. The first-order valence-electron chi connectivity index (χ1n) is 7.03. The van der Waals surface area contributed by atoms with Crippen LogP contribution in [0.4, 0.5) is 0 Å². The molecule has 0 amide bonds. The smallest absolute Gasteiger partial charge is 0.325 e. The molecule has 4 heteroatoms. The fourth-order valence-electron chi connectivity index (χ4n) is 2.32. The second kappa shape index (κ2) is 6.26. The van der Waals surface area contributed by atoms with Gasteiger partial charge in [-0.05, 0) is 23.8 Å². The Kier molecular flexibility index (Phi) is 4.01. The van der Waals surface area contributed by atoms with Gasteiger partial charge in [-0.3, -0.25) is 4.79 Å². The van der Waals surface area contributed by atoms with Crippen molar-refractivity contribution in [3.63, 3.8) is 0 Å². The van der Waals surface area contributed by atoms with Crippen LogP contribution in [0.2, 0.25) is 0 Å². The molecule has 0 N–H and O–H groups in total. The van der Waals surface area contributed by atoms with Crippen molar-refractivity contribution < 1.29 is 9.53 Å². The zero-order chi connectivity index (χ0) is 15.4. The van der Waals surface area contributed by atoms with E-state index in [4.69, 9.17) is 4.74 Å². The van der Waals surface area contributed by atoms with E-state index >= 15 is 0 Å². The molecule has 3 rings (SSSR count). The molecule has 110 valence electrons. The minimum Gasteiger partial charge on any atom is -0.468 e. The van der Waals surface area contributed by atoms with E-state index in [9.17, 15) is 4.79 Å². The summed E-state index contributed by atoms with van der Waals surface area (Å²) in [5.41, 5.74) is 2.86. The molecule has 0 fully saturated rings. The summed E-state index contributed by atoms with van der Waals surface area (Å²) in [5.74, 6) is 0.438. The molecule has 0 bridgehead atoms. The number of hydrogen-bond acceptors (Lipinski definition) is 3. The second-order valence-electron chi connectivity index (χ2n) is 4.87. The van der Waals surface area contributed by atoms with Gasteiger partial charge in [0.1, 0.15) is 12.4 Å². The first-order valence-corrected chi connectivity index (χ1v) is 7.03. The van der Waals surface area contributed by atoms with Gasteiger partial charge >= 0.3 is 5.97 Å². The standard InChI is InChI=1S/C18H16N2O2/c1-22-18(21)13-20-16-10-6-5-9-15(16)19-17(20)12-11-14-7-3-2-4-8-14/h2-12H,13H2,1H3/b12-11+. The fourth-order valence-corrected chi connectivity index (χ4v) is 2.32. The molecule has 0 aliphatic rings. The van der Waals surface area contributed by atoms with Crippen molar-refractivity contribution in [1.29, 1.82) is 0 Å². The molecule has 4 nitrogen and oxygen atoms in total. The van der Waals surface area contributed by atoms with Crippen LogP contribution >= 0.6 is 0 Å². The van der Waals surface area contributed by atoms with Crippen LogP contribution in [-0.2, 0) is 16.1 Å². The Morgan fingerprint density at radius 3 is 2.59 bits per heavy atom. The topological polar surface area (TPSA) is 44.1 Å². The maximum Gasteiger partial charge on any atom is 0.325 e. The van der Waals surface area contributed by atoms with E-state index in [0.29, 0.717) is 0 Å². The SMILES string of the molecule is COC(=O)Cn1c(/C=C/c2ccccc2)nc2ccccc21. The fraction of sp³-hybridized carbons (Fsp3) is 0.111. The minimum absolute atomic E-state index is 0.144. The third kappa shape index (κ3) is 2.91. The van der Waals surface area contributed by atoms with Crippen LogP contribution in [-0.4, -0.2) is 22.6 Å². The summed E-state index contributed by atoms with van der Waals surface area (Å²) >= 11 is 0. The number of fused-ring (bicyclic) bond motifs is 1. The highest BCUT2D eigenvalue weighted by atomic mass is 16.5. The third-order valence-electron chi connectivity index (χ3n) is 3.42. The largest absolute Gasteiger partial charge is 0.468 e. The number of hydrogen-bond donors (Lipinski definition) is 0. The predicted molar refractivity (Wildman–Crippen MR) is 87.1 cm³/mol. The van der Waals surface area contributed by atoms with Gasteiger partial charge in [0.05, 0.1) is 18.1 Å². The van der Waals surface area contributed by atoms with Crippen LogP contribution in [0.3, 0.4) is 0 Å². The van der Waals surface area contributed by atoms with Gasteiger partial charge in [0.2, 0.25) is 0 Å². The maximum atomic E-state index is 11.7. The molecule has 1 aromatic heterocycles. The number of nitrogens with zero attached hydrogens (tertiary/aromatic N) is 2. The Balaban J connectivity index is 2.02. The summed E-state index contributed by atoms with van der Waals surface area (Å²) in [4.78, 5) is 16.2. The number of methoxy groups -OCH3 is 1. The molecule has 0 aliphatic carbocycles. The Labute approximate surface area is 128 Å². The Hall–Kier alpha value is -2.88. The van der Waals surface area contributed by atoms with Crippen LogP contribution < -0.4 is 0 Å². The van der Waals surface area contributed by atoms with Crippen molar-refractivity contribution in [2.24, 2.45) is 0 Å². The number of carbonyl (C=O) groups is 1. The van der Waals surface area contributed by atoms with E-state index in [1.165, 1.54) is 7.11 Å². The van der Waals surface area contributed by atoms with Gasteiger partial charge < -0.3 is 9.30 Å². The van der Waals surface area contributed by atoms with Gasteiger partial charge in [-0.2, -0.15) is 0 Å². The van der Waals surface area contributed by atoms with Crippen molar-refractivity contribution in [2.75, 3.05) is 7.11 Å². The normalized spacial score (nSPS) is 11.1.